The van der Waals surface area contributed by atoms with Gasteiger partial charge in [0.25, 0.3) is 0 Å². The molecule has 0 aliphatic carbocycles. The Kier molecular flexibility index (Phi) is 5.99. The molecule has 1 aromatic rings. The predicted molar refractivity (Wildman–Crippen MR) is 69.5 cm³/mol. The first-order chi connectivity index (χ1) is 9.64. The molecule has 0 spiro atoms. The Morgan fingerprint density at radius 3 is 2.38 bits per heavy atom. The van der Waals surface area contributed by atoms with Gasteiger partial charge in [-0.15, -0.1) is 13.2 Å². The smallest absolute Gasteiger partial charge is 0.478 e. The van der Waals surface area contributed by atoms with Crippen LogP contribution in [0.1, 0.15) is 28.4 Å². The van der Waals surface area contributed by atoms with E-state index in [9.17, 15) is 28.2 Å². The number of aliphatic hydroxyl groups is 2. The minimum Gasteiger partial charge on any atom is -0.478 e. The maximum Gasteiger partial charge on any atom is 0.573 e. The van der Waals surface area contributed by atoms with Gasteiger partial charge in [-0.1, -0.05) is 15.9 Å². The fourth-order valence-electron chi connectivity index (χ4n) is 1.60. The standard InChI is InChI=1S/C12H12BrF3O5/c13-2-1-9(17)10(18)6-3-7(11(19)20)5-8(4-6)21-12(14,15)16/h3-5,9-10,17-18H,1-2H2,(H,19,20). The van der Waals surface area contributed by atoms with Gasteiger partial charge in [0.1, 0.15) is 11.9 Å². The number of hydrogen-bond acceptors (Lipinski definition) is 4. The summed E-state index contributed by atoms with van der Waals surface area (Å²) in [5.41, 5.74) is -0.667. The number of hydrogen-bond donors (Lipinski definition) is 3. The fraction of sp³-hybridized carbons (Fsp3) is 0.417. The van der Waals surface area contributed by atoms with Crippen molar-refractivity contribution in [3.05, 3.63) is 29.3 Å². The Balaban J connectivity index is 3.16. The zero-order chi connectivity index (χ0) is 16.2. The predicted octanol–water partition coefficient (Wildman–Crippen LogP) is 2.46. The van der Waals surface area contributed by atoms with E-state index < -0.39 is 35.9 Å². The average Bonchev–Trinajstić information content (AvgIpc) is 2.35. The van der Waals surface area contributed by atoms with Crippen LogP contribution >= 0.6 is 15.9 Å². The van der Waals surface area contributed by atoms with E-state index in [-0.39, 0.29) is 12.0 Å². The van der Waals surface area contributed by atoms with E-state index in [4.69, 9.17) is 5.11 Å². The molecule has 0 saturated heterocycles. The summed E-state index contributed by atoms with van der Waals surface area (Å²) in [7, 11) is 0. The quantitative estimate of drug-likeness (QED) is 0.667. The summed E-state index contributed by atoms with van der Waals surface area (Å²) in [6.45, 7) is 0. The number of alkyl halides is 4. The van der Waals surface area contributed by atoms with Gasteiger partial charge in [0.15, 0.2) is 0 Å². The SMILES string of the molecule is O=C(O)c1cc(OC(F)(F)F)cc(C(O)C(O)CCBr)c1. The van der Waals surface area contributed by atoms with Gasteiger partial charge in [0, 0.05) is 5.33 Å². The lowest BCUT2D eigenvalue weighted by molar-refractivity contribution is -0.274. The number of benzene rings is 1. The highest BCUT2D eigenvalue weighted by Gasteiger charge is 2.32. The molecule has 118 valence electrons. The van der Waals surface area contributed by atoms with Crippen LogP contribution in [-0.2, 0) is 0 Å². The van der Waals surface area contributed by atoms with E-state index in [1.807, 2.05) is 0 Å². The molecule has 5 nitrogen and oxygen atoms in total. The number of carboxylic acids is 1. The minimum absolute atomic E-state index is 0.133. The van der Waals surface area contributed by atoms with Crippen molar-refractivity contribution in [3.63, 3.8) is 0 Å². The number of carboxylic acid groups (broad SMARTS) is 1. The van der Waals surface area contributed by atoms with Crippen LogP contribution in [0.3, 0.4) is 0 Å². The molecular formula is C12H12BrF3O5. The highest BCUT2D eigenvalue weighted by atomic mass is 79.9. The molecule has 21 heavy (non-hydrogen) atoms. The molecule has 0 radical (unpaired) electrons. The largest absolute Gasteiger partial charge is 0.573 e. The molecule has 0 saturated carbocycles. The third kappa shape index (κ3) is 5.52. The molecule has 0 heterocycles. The molecule has 2 unspecified atom stereocenters. The van der Waals surface area contributed by atoms with Crippen molar-refractivity contribution in [2.45, 2.75) is 25.0 Å². The van der Waals surface area contributed by atoms with Gasteiger partial charge in [0.2, 0.25) is 0 Å². The van der Waals surface area contributed by atoms with E-state index in [2.05, 4.69) is 20.7 Å². The van der Waals surface area contributed by atoms with Crippen molar-refractivity contribution in [2.75, 3.05) is 5.33 Å². The second kappa shape index (κ2) is 7.10. The number of ether oxygens (including phenoxy) is 1. The van der Waals surface area contributed by atoms with Crippen LogP contribution in [0.4, 0.5) is 13.2 Å². The lowest BCUT2D eigenvalue weighted by atomic mass is 10.00. The second-order valence-electron chi connectivity index (χ2n) is 4.13. The summed E-state index contributed by atoms with van der Waals surface area (Å²) in [5.74, 6) is -2.26. The first kappa shape index (κ1) is 17.7. The summed E-state index contributed by atoms with van der Waals surface area (Å²) in [6.07, 6.45) is -7.65. The number of aliphatic hydroxyl groups excluding tert-OH is 2. The zero-order valence-electron chi connectivity index (χ0n) is 10.5. The van der Waals surface area contributed by atoms with Crippen molar-refractivity contribution >= 4 is 21.9 Å². The molecule has 0 bridgehead atoms. The molecule has 9 heteroatoms. The normalized spacial score (nSPS) is 14.6. The number of rotatable bonds is 6. The first-order valence-corrected chi connectivity index (χ1v) is 6.82. The van der Waals surface area contributed by atoms with Crippen molar-refractivity contribution in [3.8, 4) is 5.75 Å². The van der Waals surface area contributed by atoms with Gasteiger partial charge in [-0.3, -0.25) is 0 Å². The highest BCUT2D eigenvalue weighted by Crippen LogP contribution is 2.29. The Bertz CT molecular complexity index is 506. The molecule has 0 fully saturated rings. The number of halogens is 4. The zero-order valence-corrected chi connectivity index (χ0v) is 12.1. The van der Waals surface area contributed by atoms with Gasteiger partial charge >= 0.3 is 12.3 Å². The molecule has 2 atom stereocenters. The van der Waals surface area contributed by atoms with E-state index in [0.717, 1.165) is 12.1 Å². The molecule has 1 rings (SSSR count). The molecular weight excluding hydrogens is 361 g/mol. The van der Waals surface area contributed by atoms with Gasteiger partial charge < -0.3 is 20.1 Å². The second-order valence-corrected chi connectivity index (χ2v) is 4.93. The van der Waals surface area contributed by atoms with Crippen molar-refractivity contribution in [1.29, 1.82) is 0 Å². The summed E-state index contributed by atoms with van der Waals surface area (Å²) in [4.78, 5) is 10.9. The van der Waals surface area contributed by atoms with E-state index in [1.165, 1.54) is 0 Å². The summed E-state index contributed by atoms with van der Waals surface area (Å²) < 4.78 is 40.3. The molecule has 3 N–H and O–H groups in total. The van der Waals surface area contributed by atoms with Crippen molar-refractivity contribution in [1.82, 2.24) is 0 Å². The van der Waals surface area contributed by atoms with E-state index in [1.54, 1.807) is 0 Å². The third-order valence-electron chi connectivity index (χ3n) is 2.52. The third-order valence-corrected chi connectivity index (χ3v) is 2.98. The van der Waals surface area contributed by atoms with Gasteiger partial charge in [-0.2, -0.15) is 0 Å². The van der Waals surface area contributed by atoms with Crippen LogP contribution in [0.15, 0.2) is 18.2 Å². The fourth-order valence-corrected chi connectivity index (χ4v) is 2.07. The maximum absolute atomic E-state index is 12.2. The average molecular weight is 373 g/mol. The molecule has 0 amide bonds. The maximum atomic E-state index is 12.2. The van der Waals surface area contributed by atoms with E-state index in [0.29, 0.717) is 11.4 Å². The summed E-state index contributed by atoms with van der Waals surface area (Å²) >= 11 is 3.04. The van der Waals surface area contributed by atoms with Gasteiger partial charge in [-0.25, -0.2) is 4.79 Å². The summed E-state index contributed by atoms with van der Waals surface area (Å²) in [6, 6.07) is 2.50. The Labute approximate surface area is 126 Å². The molecule has 0 aliphatic rings. The minimum atomic E-state index is -4.99. The molecule has 0 aromatic heterocycles. The topological polar surface area (TPSA) is 87.0 Å². The highest BCUT2D eigenvalue weighted by molar-refractivity contribution is 9.09. The molecule has 1 aromatic carbocycles. The van der Waals surface area contributed by atoms with Crippen LogP contribution < -0.4 is 4.74 Å². The van der Waals surface area contributed by atoms with Crippen LogP contribution in [0.25, 0.3) is 0 Å². The Hall–Kier alpha value is -1.32. The lowest BCUT2D eigenvalue weighted by Gasteiger charge is -2.19. The van der Waals surface area contributed by atoms with Crippen molar-refractivity contribution in [2.24, 2.45) is 0 Å². The van der Waals surface area contributed by atoms with Crippen LogP contribution in [0.2, 0.25) is 0 Å². The molecule has 0 aliphatic heterocycles. The van der Waals surface area contributed by atoms with Gasteiger partial charge in [-0.05, 0) is 30.2 Å². The van der Waals surface area contributed by atoms with Crippen LogP contribution in [0.5, 0.6) is 5.75 Å². The monoisotopic (exact) mass is 372 g/mol. The number of aromatic carboxylic acids is 1. The first-order valence-electron chi connectivity index (χ1n) is 5.70. The van der Waals surface area contributed by atoms with Crippen molar-refractivity contribution < 1.29 is 38.0 Å². The number of carbonyl (C=O) groups is 1. The van der Waals surface area contributed by atoms with E-state index >= 15 is 0 Å². The Morgan fingerprint density at radius 1 is 1.29 bits per heavy atom. The van der Waals surface area contributed by atoms with Crippen LogP contribution in [0, 0.1) is 0 Å². The lowest BCUT2D eigenvalue weighted by Crippen LogP contribution is -2.20. The van der Waals surface area contributed by atoms with Crippen LogP contribution in [-0.4, -0.2) is 39.1 Å². The summed E-state index contributed by atoms with van der Waals surface area (Å²) in [5, 5.41) is 28.7. The Morgan fingerprint density at radius 2 is 1.90 bits per heavy atom. The van der Waals surface area contributed by atoms with Gasteiger partial charge in [0.05, 0.1) is 11.7 Å².